The molecular formula is C27H22. The van der Waals surface area contributed by atoms with E-state index in [9.17, 15) is 0 Å². The van der Waals surface area contributed by atoms with Gasteiger partial charge in [-0.3, -0.25) is 0 Å². The van der Waals surface area contributed by atoms with E-state index in [-0.39, 0.29) is 0 Å². The second-order valence-corrected chi connectivity index (χ2v) is 7.48. The highest BCUT2D eigenvalue weighted by atomic mass is 14.2. The third-order valence-electron chi connectivity index (χ3n) is 5.51. The summed E-state index contributed by atoms with van der Waals surface area (Å²) >= 11 is 0. The molecule has 0 fully saturated rings. The van der Waals surface area contributed by atoms with Gasteiger partial charge in [-0.1, -0.05) is 97.1 Å². The molecule has 1 aliphatic rings. The van der Waals surface area contributed by atoms with Crippen LogP contribution in [0.15, 0.2) is 97.1 Å². The standard InChI is InChI=1S/C27H22/c1-3-7-20(8-4-1)15-22-11-13-26-24(17-22)19-25-18-23(12-14-27(25)26)16-21-9-5-2-6-10-21/h1-14,17-18H,15-16,19H2. The lowest BCUT2D eigenvalue weighted by molar-refractivity contribution is 1.15. The van der Waals surface area contributed by atoms with Crippen LogP contribution in [-0.4, -0.2) is 0 Å². The number of fused-ring (bicyclic) bond motifs is 3. The molecule has 27 heavy (non-hydrogen) atoms. The Kier molecular flexibility index (Phi) is 4.10. The van der Waals surface area contributed by atoms with E-state index in [1.165, 1.54) is 44.5 Å². The molecule has 0 bridgehead atoms. The first kappa shape index (κ1) is 16.1. The minimum atomic E-state index is 1.00. The zero-order chi connectivity index (χ0) is 18.1. The Morgan fingerprint density at radius 2 is 0.889 bits per heavy atom. The van der Waals surface area contributed by atoms with Crippen LogP contribution in [0.2, 0.25) is 0 Å². The van der Waals surface area contributed by atoms with Gasteiger partial charge in [-0.2, -0.15) is 0 Å². The third kappa shape index (κ3) is 3.31. The highest BCUT2D eigenvalue weighted by Crippen LogP contribution is 2.38. The SMILES string of the molecule is c1ccc(Cc2ccc3c(c2)Cc2cc(Cc4ccccc4)ccc2-3)cc1. The fourth-order valence-electron chi connectivity index (χ4n) is 4.20. The average Bonchev–Trinajstić information content (AvgIpc) is 3.06. The van der Waals surface area contributed by atoms with Gasteiger partial charge < -0.3 is 0 Å². The fraction of sp³-hybridized carbons (Fsp3) is 0.111. The lowest BCUT2D eigenvalue weighted by Gasteiger charge is -2.07. The highest BCUT2D eigenvalue weighted by Gasteiger charge is 2.19. The average molecular weight is 346 g/mol. The smallest absolute Gasteiger partial charge is 0.00132 e. The molecule has 0 heteroatoms. The summed E-state index contributed by atoms with van der Waals surface area (Å²) in [7, 11) is 0. The molecule has 1 aliphatic carbocycles. The van der Waals surface area contributed by atoms with E-state index < -0.39 is 0 Å². The van der Waals surface area contributed by atoms with Crippen LogP contribution >= 0.6 is 0 Å². The lowest BCUT2D eigenvalue weighted by atomic mass is 9.98. The van der Waals surface area contributed by atoms with Gasteiger partial charge >= 0.3 is 0 Å². The Balaban J connectivity index is 1.40. The first-order valence-electron chi connectivity index (χ1n) is 9.67. The van der Waals surface area contributed by atoms with Gasteiger partial charge in [-0.05, 0) is 63.8 Å². The maximum atomic E-state index is 2.40. The molecule has 4 aromatic rings. The molecule has 0 aromatic heterocycles. The first-order valence-corrected chi connectivity index (χ1v) is 9.67. The zero-order valence-corrected chi connectivity index (χ0v) is 15.4. The molecule has 0 atom stereocenters. The largest absolute Gasteiger partial charge is 0.0622 e. The highest BCUT2D eigenvalue weighted by molar-refractivity contribution is 5.77. The topological polar surface area (TPSA) is 0 Å². The molecule has 0 amide bonds. The Labute approximate surface area is 161 Å². The predicted molar refractivity (Wildman–Crippen MR) is 113 cm³/mol. The molecule has 0 aliphatic heterocycles. The predicted octanol–water partition coefficient (Wildman–Crippen LogP) is 6.44. The normalized spacial score (nSPS) is 11.9. The van der Waals surface area contributed by atoms with Gasteiger partial charge in [0.1, 0.15) is 0 Å². The van der Waals surface area contributed by atoms with Crippen LogP contribution in [0.5, 0.6) is 0 Å². The van der Waals surface area contributed by atoms with Crippen LogP contribution in [-0.2, 0) is 19.3 Å². The fourth-order valence-corrected chi connectivity index (χ4v) is 4.20. The van der Waals surface area contributed by atoms with Crippen LogP contribution in [0.4, 0.5) is 0 Å². The Morgan fingerprint density at radius 1 is 0.444 bits per heavy atom. The van der Waals surface area contributed by atoms with Crippen molar-refractivity contribution in [3.8, 4) is 11.1 Å². The van der Waals surface area contributed by atoms with Crippen LogP contribution in [0.25, 0.3) is 11.1 Å². The van der Waals surface area contributed by atoms with Crippen molar-refractivity contribution in [2.75, 3.05) is 0 Å². The van der Waals surface area contributed by atoms with Crippen LogP contribution in [0.3, 0.4) is 0 Å². The van der Waals surface area contributed by atoms with Gasteiger partial charge in [0.15, 0.2) is 0 Å². The van der Waals surface area contributed by atoms with Crippen LogP contribution in [0, 0.1) is 0 Å². The first-order chi connectivity index (χ1) is 13.3. The zero-order valence-electron chi connectivity index (χ0n) is 15.4. The Hall–Kier alpha value is -3.12. The van der Waals surface area contributed by atoms with Gasteiger partial charge in [0.25, 0.3) is 0 Å². The lowest BCUT2D eigenvalue weighted by Crippen LogP contribution is -1.90. The molecular weight excluding hydrogens is 324 g/mol. The van der Waals surface area contributed by atoms with E-state index in [0.717, 1.165) is 19.3 Å². The van der Waals surface area contributed by atoms with Crippen molar-refractivity contribution in [1.82, 2.24) is 0 Å². The molecule has 0 heterocycles. The monoisotopic (exact) mass is 346 g/mol. The van der Waals surface area contributed by atoms with Crippen molar-refractivity contribution in [3.63, 3.8) is 0 Å². The minimum Gasteiger partial charge on any atom is -0.0622 e. The van der Waals surface area contributed by atoms with Crippen LogP contribution in [0.1, 0.15) is 33.4 Å². The molecule has 5 rings (SSSR count). The number of rotatable bonds is 4. The summed E-state index contributed by atoms with van der Waals surface area (Å²) in [4.78, 5) is 0. The van der Waals surface area contributed by atoms with Crippen molar-refractivity contribution in [1.29, 1.82) is 0 Å². The van der Waals surface area contributed by atoms with E-state index in [4.69, 9.17) is 0 Å². The van der Waals surface area contributed by atoms with Crippen molar-refractivity contribution >= 4 is 0 Å². The minimum absolute atomic E-state index is 1.00. The van der Waals surface area contributed by atoms with E-state index in [1.807, 2.05) is 0 Å². The summed E-state index contributed by atoms with van der Waals surface area (Å²) in [6, 6.07) is 35.5. The van der Waals surface area contributed by atoms with Gasteiger partial charge in [0.05, 0.1) is 0 Å². The molecule has 0 N–H and O–H groups in total. The van der Waals surface area contributed by atoms with E-state index in [1.54, 1.807) is 0 Å². The maximum Gasteiger partial charge on any atom is -0.00132 e. The molecule has 0 spiro atoms. The molecule has 0 saturated carbocycles. The molecule has 0 nitrogen and oxygen atoms in total. The third-order valence-corrected chi connectivity index (χ3v) is 5.51. The van der Waals surface area contributed by atoms with Gasteiger partial charge in [-0.15, -0.1) is 0 Å². The van der Waals surface area contributed by atoms with Gasteiger partial charge in [-0.25, -0.2) is 0 Å². The summed E-state index contributed by atoms with van der Waals surface area (Å²) in [6.07, 6.45) is 3.06. The van der Waals surface area contributed by atoms with Crippen LogP contribution < -0.4 is 0 Å². The Bertz CT molecular complexity index is 987. The second-order valence-electron chi connectivity index (χ2n) is 7.48. The van der Waals surface area contributed by atoms with Gasteiger partial charge in [0.2, 0.25) is 0 Å². The molecule has 0 unspecified atom stereocenters. The molecule has 0 radical (unpaired) electrons. The number of hydrogen-bond donors (Lipinski definition) is 0. The number of benzene rings is 4. The summed E-state index contributed by atoms with van der Waals surface area (Å²) < 4.78 is 0. The quantitative estimate of drug-likeness (QED) is 0.351. The van der Waals surface area contributed by atoms with E-state index >= 15 is 0 Å². The van der Waals surface area contributed by atoms with E-state index in [2.05, 4.69) is 97.1 Å². The van der Waals surface area contributed by atoms with Gasteiger partial charge in [0, 0.05) is 0 Å². The Morgan fingerprint density at radius 3 is 1.33 bits per heavy atom. The summed E-state index contributed by atoms with van der Waals surface area (Å²) in [5.74, 6) is 0. The molecule has 0 saturated heterocycles. The van der Waals surface area contributed by atoms with Crippen molar-refractivity contribution < 1.29 is 0 Å². The summed E-state index contributed by atoms with van der Waals surface area (Å²) in [5, 5.41) is 0. The van der Waals surface area contributed by atoms with Crippen molar-refractivity contribution in [2.45, 2.75) is 19.3 Å². The number of hydrogen-bond acceptors (Lipinski definition) is 0. The van der Waals surface area contributed by atoms with Crippen molar-refractivity contribution in [3.05, 3.63) is 130 Å². The van der Waals surface area contributed by atoms with Crippen molar-refractivity contribution in [2.24, 2.45) is 0 Å². The summed E-state index contributed by atoms with van der Waals surface area (Å²) in [5.41, 5.74) is 11.3. The summed E-state index contributed by atoms with van der Waals surface area (Å²) in [6.45, 7) is 0. The maximum absolute atomic E-state index is 2.40. The van der Waals surface area contributed by atoms with E-state index in [0.29, 0.717) is 0 Å². The molecule has 4 aromatic carbocycles. The molecule has 130 valence electrons. The second kappa shape index (κ2) is 6.89.